The number of hydrogen-bond acceptors (Lipinski definition) is 5. The molecule has 0 radical (unpaired) electrons. The third-order valence-corrected chi connectivity index (χ3v) is 4.57. The van der Waals surface area contributed by atoms with Gasteiger partial charge in [-0.2, -0.15) is 0 Å². The third-order valence-electron chi connectivity index (χ3n) is 4.27. The molecule has 1 fully saturated rings. The molecule has 1 aromatic rings. The fraction of sp³-hybridized carbons (Fsp3) is 0.529. The number of benzene rings is 1. The summed E-state index contributed by atoms with van der Waals surface area (Å²) < 4.78 is 10.4. The number of aliphatic carboxylic acids is 1. The van der Waals surface area contributed by atoms with Crippen molar-refractivity contribution in [2.75, 3.05) is 32.6 Å². The van der Waals surface area contributed by atoms with Gasteiger partial charge in [0, 0.05) is 25.1 Å². The van der Waals surface area contributed by atoms with E-state index in [0.29, 0.717) is 41.7 Å². The van der Waals surface area contributed by atoms with Crippen LogP contribution in [0.15, 0.2) is 12.1 Å². The fourth-order valence-corrected chi connectivity index (χ4v) is 3.19. The summed E-state index contributed by atoms with van der Waals surface area (Å²) in [5.41, 5.74) is 0.460. The summed E-state index contributed by atoms with van der Waals surface area (Å²) in [7, 11) is 2.97. The quantitative estimate of drug-likeness (QED) is 0.767. The number of hydrogen-bond donors (Lipinski definition) is 2. The molecule has 0 aromatic heterocycles. The first kappa shape index (κ1) is 19.3. The minimum Gasteiger partial charge on any atom is -0.495 e. The lowest BCUT2D eigenvalue weighted by Gasteiger charge is -2.32. The molecule has 1 saturated heterocycles. The van der Waals surface area contributed by atoms with Crippen LogP contribution in [0.25, 0.3) is 0 Å². The molecule has 1 aromatic carbocycles. The van der Waals surface area contributed by atoms with E-state index in [4.69, 9.17) is 21.1 Å². The van der Waals surface area contributed by atoms with E-state index in [9.17, 15) is 14.7 Å². The van der Waals surface area contributed by atoms with Crippen LogP contribution in [-0.2, 0) is 9.59 Å². The highest BCUT2D eigenvalue weighted by Crippen LogP contribution is 2.35. The van der Waals surface area contributed by atoms with Gasteiger partial charge in [-0.1, -0.05) is 18.0 Å². The van der Waals surface area contributed by atoms with Gasteiger partial charge in [0.1, 0.15) is 17.5 Å². The number of likely N-dealkylation sites (tertiary alicyclic amines) is 1. The van der Waals surface area contributed by atoms with Crippen molar-refractivity contribution >= 4 is 29.2 Å². The summed E-state index contributed by atoms with van der Waals surface area (Å²) in [5.74, 6) is -0.193. The molecule has 0 spiro atoms. The van der Waals surface area contributed by atoms with E-state index in [1.54, 1.807) is 12.1 Å². The number of carbonyl (C=O) groups excluding carboxylic acids is 1. The predicted octanol–water partition coefficient (Wildman–Crippen LogP) is 2.62. The van der Waals surface area contributed by atoms with Gasteiger partial charge in [0.2, 0.25) is 5.91 Å². The van der Waals surface area contributed by atoms with Gasteiger partial charge in [-0.05, 0) is 19.4 Å². The number of carboxylic acid groups (broad SMARTS) is 1. The number of carboxylic acids is 1. The molecule has 1 heterocycles. The summed E-state index contributed by atoms with van der Waals surface area (Å²) in [6.07, 6.45) is 2.67. The summed E-state index contributed by atoms with van der Waals surface area (Å²) >= 11 is 6.05. The zero-order valence-corrected chi connectivity index (χ0v) is 15.1. The van der Waals surface area contributed by atoms with E-state index < -0.39 is 12.0 Å². The summed E-state index contributed by atoms with van der Waals surface area (Å²) in [6.45, 7) is 1.10. The number of methoxy groups -OCH3 is 2. The van der Waals surface area contributed by atoms with Crippen LogP contribution in [0.4, 0.5) is 5.69 Å². The van der Waals surface area contributed by atoms with E-state index in [1.807, 2.05) is 4.90 Å². The molecule has 1 atom stereocenters. The Bertz CT molecular complexity index is 638. The van der Waals surface area contributed by atoms with E-state index >= 15 is 0 Å². The zero-order chi connectivity index (χ0) is 18.4. The van der Waals surface area contributed by atoms with Crippen molar-refractivity contribution < 1.29 is 24.2 Å². The third kappa shape index (κ3) is 4.99. The average Bonchev–Trinajstić information content (AvgIpc) is 2.61. The highest BCUT2D eigenvalue weighted by Gasteiger charge is 2.28. The SMILES string of the molecule is COc1cc(NC(=O)CCN2CCCCC2C(=O)O)c(OC)cc1Cl. The Hall–Kier alpha value is -1.99. The van der Waals surface area contributed by atoms with Crippen LogP contribution in [0.1, 0.15) is 25.7 Å². The maximum atomic E-state index is 12.3. The molecule has 1 amide bonds. The van der Waals surface area contributed by atoms with Gasteiger partial charge in [-0.3, -0.25) is 14.5 Å². The summed E-state index contributed by atoms with van der Waals surface area (Å²) in [4.78, 5) is 25.4. The molecule has 0 bridgehead atoms. The Morgan fingerprint density at radius 3 is 2.64 bits per heavy atom. The van der Waals surface area contributed by atoms with E-state index in [0.717, 1.165) is 12.8 Å². The molecule has 1 aliphatic rings. The lowest BCUT2D eigenvalue weighted by Crippen LogP contribution is -2.45. The number of halogens is 1. The topological polar surface area (TPSA) is 88.1 Å². The first-order valence-electron chi connectivity index (χ1n) is 8.14. The Labute approximate surface area is 151 Å². The van der Waals surface area contributed by atoms with Crippen molar-refractivity contribution in [1.82, 2.24) is 4.90 Å². The van der Waals surface area contributed by atoms with Gasteiger partial charge < -0.3 is 19.9 Å². The number of ether oxygens (including phenoxy) is 2. The molecule has 2 N–H and O–H groups in total. The Morgan fingerprint density at radius 1 is 1.28 bits per heavy atom. The van der Waals surface area contributed by atoms with E-state index in [1.165, 1.54) is 14.2 Å². The van der Waals surface area contributed by atoms with Crippen molar-refractivity contribution in [3.63, 3.8) is 0 Å². The Kier molecular flexibility index (Phi) is 6.90. The number of nitrogens with zero attached hydrogens (tertiary/aromatic N) is 1. The molecule has 8 heteroatoms. The smallest absolute Gasteiger partial charge is 0.320 e. The van der Waals surface area contributed by atoms with Gasteiger partial charge in [-0.25, -0.2) is 0 Å². The van der Waals surface area contributed by atoms with Crippen molar-refractivity contribution in [2.24, 2.45) is 0 Å². The van der Waals surface area contributed by atoms with E-state index in [2.05, 4.69) is 5.32 Å². The second-order valence-corrected chi connectivity index (χ2v) is 6.28. The minimum atomic E-state index is -0.829. The van der Waals surface area contributed by atoms with Gasteiger partial charge in [-0.15, -0.1) is 0 Å². The molecule has 0 aliphatic carbocycles. The highest BCUT2D eigenvalue weighted by molar-refractivity contribution is 6.32. The summed E-state index contributed by atoms with van der Waals surface area (Å²) in [5, 5.41) is 12.4. The summed E-state index contributed by atoms with van der Waals surface area (Å²) in [6, 6.07) is 2.66. The maximum Gasteiger partial charge on any atom is 0.320 e. The number of anilines is 1. The largest absolute Gasteiger partial charge is 0.495 e. The maximum absolute atomic E-state index is 12.3. The Morgan fingerprint density at radius 2 is 2.00 bits per heavy atom. The van der Waals surface area contributed by atoms with Gasteiger partial charge in [0.05, 0.1) is 24.9 Å². The number of carbonyl (C=O) groups is 2. The lowest BCUT2D eigenvalue weighted by molar-refractivity contribution is -0.144. The zero-order valence-electron chi connectivity index (χ0n) is 14.4. The van der Waals surface area contributed by atoms with Gasteiger partial charge in [0.15, 0.2) is 0 Å². The van der Waals surface area contributed by atoms with Crippen molar-refractivity contribution in [3.05, 3.63) is 17.2 Å². The molecule has 1 aliphatic heterocycles. The highest BCUT2D eigenvalue weighted by atomic mass is 35.5. The fourth-order valence-electron chi connectivity index (χ4n) is 2.95. The Balaban J connectivity index is 1.99. The first-order chi connectivity index (χ1) is 12.0. The van der Waals surface area contributed by atoms with Crippen molar-refractivity contribution in [2.45, 2.75) is 31.7 Å². The number of amides is 1. The molecular formula is C17H23ClN2O5. The minimum absolute atomic E-state index is 0.192. The normalized spacial score (nSPS) is 17.8. The molecule has 25 heavy (non-hydrogen) atoms. The van der Waals surface area contributed by atoms with E-state index in [-0.39, 0.29) is 12.3 Å². The predicted molar refractivity (Wildman–Crippen MR) is 94.7 cm³/mol. The van der Waals surface area contributed by atoms with Crippen LogP contribution in [0.2, 0.25) is 5.02 Å². The van der Waals surface area contributed by atoms with Crippen molar-refractivity contribution in [1.29, 1.82) is 0 Å². The molecular weight excluding hydrogens is 348 g/mol. The first-order valence-corrected chi connectivity index (χ1v) is 8.52. The van der Waals surface area contributed by atoms with Crippen LogP contribution in [0.3, 0.4) is 0 Å². The molecule has 138 valence electrons. The van der Waals surface area contributed by atoms with Crippen LogP contribution in [-0.4, -0.2) is 55.2 Å². The van der Waals surface area contributed by atoms with Crippen molar-refractivity contribution in [3.8, 4) is 11.5 Å². The monoisotopic (exact) mass is 370 g/mol. The molecule has 2 rings (SSSR count). The van der Waals surface area contributed by atoms with Gasteiger partial charge >= 0.3 is 5.97 Å². The van der Waals surface area contributed by atoms with Crippen LogP contribution < -0.4 is 14.8 Å². The average molecular weight is 371 g/mol. The number of nitrogens with one attached hydrogen (secondary N) is 1. The molecule has 0 saturated carbocycles. The second kappa shape index (κ2) is 8.92. The van der Waals surface area contributed by atoms with Crippen LogP contribution >= 0.6 is 11.6 Å². The number of rotatable bonds is 7. The molecule has 7 nitrogen and oxygen atoms in total. The van der Waals surface area contributed by atoms with Gasteiger partial charge in [0.25, 0.3) is 0 Å². The van der Waals surface area contributed by atoms with Crippen LogP contribution in [0, 0.1) is 0 Å². The lowest BCUT2D eigenvalue weighted by atomic mass is 10.0. The number of piperidine rings is 1. The standard InChI is InChI=1S/C17H23ClN2O5/c1-24-14-10-12(15(25-2)9-11(14)18)19-16(21)6-8-20-7-4-3-5-13(20)17(22)23/h9-10,13H,3-8H2,1-2H3,(H,19,21)(H,22,23). The van der Waals surface area contributed by atoms with Crippen LogP contribution in [0.5, 0.6) is 11.5 Å². The molecule has 1 unspecified atom stereocenters. The second-order valence-electron chi connectivity index (χ2n) is 5.87.